The number of ether oxygens (including phenoxy) is 2. The van der Waals surface area contributed by atoms with E-state index >= 15 is 0 Å². The molecule has 10 heteroatoms. The van der Waals surface area contributed by atoms with Crippen LogP contribution in [0.25, 0.3) is 0 Å². The Morgan fingerprint density at radius 2 is 1.97 bits per heavy atom. The van der Waals surface area contributed by atoms with Crippen LogP contribution in [-0.2, 0) is 26.0 Å². The van der Waals surface area contributed by atoms with E-state index in [1.807, 2.05) is 37.4 Å². The number of hydrogen-bond acceptors (Lipinski definition) is 6. The van der Waals surface area contributed by atoms with Gasteiger partial charge in [-0.3, -0.25) is 4.79 Å². The number of hydrogen-bond donors (Lipinski definition) is 0. The van der Waals surface area contributed by atoms with Crippen molar-refractivity contribution < 1.29 is 22.7 Å². The van der Waals surface area contributed by atoms with Gasteiger partial charge in [0.1, 0.15) is 12.4 Å². The van der Waals surface area contributed by atoms with Crippen LogP contribution in [0.1, 0.15) is 40.5 Å². The molecular formula is C29H33ClN2O5S2. The van der Waals surface area contributed by atoms with Crippen LogP contribution in [0.4, 0.5) is 0 Å². The van der Waals surface area contributed by atoms with Gasteiger partial charge in [-0.05, 0) is 86.0 Å². The van der Waals surface area contributed by atoms with Crippen LogP contribution in [0.2, 0.25) is 5.02 Å². The maximum absolute atomic E-state index is 13.9. The van der Waals surface area contributed by atoms with E-state index in [1.54, 1.807) is 28.4 Å². The Morgan fingerprint density at radius 1 is 1.18 bits per heavy atom. The topological polar surface area (TPSA) is 76.2 Å². The Labute approximate surface area is 239 Å². The Balaban J connectivity index is 1.39. The summed E-state index contributed by atoms with van der Waals surface area (Å²) >= 11 is 7.68. The fourth-order valence-electron chi connectivity index (χ4n) is 5.27. The highest BCUT2D eigenvalue weighted by atomic mass is 35.5. The number of amides is 1. The molecule has 208 valence electrons. The second-order valence-corrected chi connectivity index (χ2v) is 13.5. The van der Waals surface area contributed by atoms with E-state index < -0.39 is 10.0 Å². The fourth-order valence-corrected chi connectivity index (χ4v) is 7.74. The zero-order chi connectivity index (χ0) is 27.6. The molecule has 2 aromatic carbocycles. The molecule has 0 bridgehead atoms. The van der Waals surface area contributed by atoms with E-state index in [1.165, 1.54) is 21.3 Å². The van der Waals surface area contributed by atoms with Crippen molar-refractivity contribution in [2.24, 2.45) is 0 Å². The van der Waals surface area contributed by atoms with Gasteiger partial charge in [-0.25, -0.2) is 8.42 Å². The van der Waals surface area contributed by atoms with E-state index in [-0.39, 0.29) is 42.6 Å². The number of carbonyl (C=O) groups is 1. The first-order valence-electron chi connectivity index (χ1n) is 13.2. The van der Waals surface area contributed by atoms with Gasteiger partial charge in [-0.2, -0.15) is 4.31 Å². The lowest BCUT2D eigenvalue weighted by molar-refractivity contribution is -0.135. The van der Waals surface area contributed by atoms with E-state index in [0.29, 0.717) is 18.2 Å². The zero-order valence-electron chi connectivity index (χ0n) is 22.1. The minimum atomic E-state index is -3.95. The number of rotatable bonds is 9. The molecule has 0 saturated carbocycles. The summed E-state index contributed by atoms with van der Waals surface area (Å²) in [5.41, 5.74) is 3.25. The SMILES string of the molecule is Cc1ccc(OC[C@@H]2c3ccsc3CCN2C(=O)CN(C[C@H]2CCCO2)S(=O)(=O)c2ccc(Cl)cc2)c(C)c1. The average molecular weight is 589 g/mol. The molecule has 1 saturated heterocycles. The Bertz CT molecular complexity index is 1420. The number of carbonyl (C=O) groups excluding carboxylic acids is 1. The number of thiophene rings is 1. The van der Waals surface area contributed by atoms with E-state index in [4.69, 9.17) is 21.1 Å². The van der Waals surface area contributed by atoms with Gasteiger partial charge in [0.2, 0.25) is 15.9 Å². The maximum atomic E-state index is 13.9. The third kappa shape index (κ3) is 6.33. The molecular weight excluding hydrogens is 556 g/mol. The molecule has 5 rings (SSSR count). The minimum Gasteiger partial charge on any atom is -0.491 e. The van der Waals surface area contributed by atoms with E-state index in [9.17, 15) is 13.2 Å². The van der Waals surface area contributed by atoms with Crippen LogP contribution < -0.4 is 4.74 Å². The molecule has 0 aliphatic carbocycles. The average Bonchev–Trinajstić information content (AvgIpc) is 3.60. The molecule has 0 unspecified atom stereocenters. The molecule has 7 nitrogen and oxygen atoms in total. The predicted octanol–water partition coefficient (Wildman–Crippen LogP) is 5.39. The summed E-state index contributed by atoms with van der Waals surface area (Å²) in [6.45, 7) is 5.28. The van der Waals surface area contributed by atoms with Crippen molar-refractivity contribution in [1.29, 1.82) is 0 Å². The molecule has 1 aromatic heterocycles. The van der Waals surface area contributed by atoms with Crippen molar-refractivity contribution >= 4 is 38.9 Å². The molecule has 2 aliphatic heterocycles. The van der Waals surface area contributed by atoms with Gasteiger partial charge in [0.05, 0.1) is 23.6 Å². The summed E-state index contributed by atoms with van der Waals surface area (Å²) < 4.78 is 40.7. The first-order valence-corrected chi connectivity index (χ1v) is 15.9. The predicted molar refractivity (Wildman–Crippen MR) is 153 cm³/mol. The normalized spacial score (nSPS) is 19.3. The third-order valence-corrected chi connectivity index (χ3v) is 10.4. The molecule has 0 spiro atoms. The fraction of sp³-hybridized carbons (Fsp3) is 0.414. The van der Waals surface area contributed by atoms with Gasteiger partial charge in [-0.15, -0.1) is 11.3 Å². The lowest BCUT2D eigenvalue weighted by atomic mass is 10.0. The van der Waals surface area contributed by atoms with Crippen LogP contribution in [0.3, 0.4) is 0 Å². The van der Waals surface area contributed by atoms with Crippen molar-refractivity contribution in [2.75, 3.05) is 32.8 Å². The van der Waals surface area contributed by atoms with Crippen LogP contribution in [-0.4, -0.2) is 62.5 Å². The molecule has 3 aromatic rings. The second kappa shape index (κ2) is 12.0. The van der Waals surface area contributed by atoms with Gasteiger partial charge in [0, 0.05) is 29.6 Å². The maximum Gasteiger partial charge on any atom is 0.243 e. The zero-order valence-corrected chi connectivity index (χ0v) is 24.5. The Morgan fingerprint density at radius 3 is 2.69 bits per heavy atom. The molecule has 1 amide bonds. The molecule has 0 radical (unpaired) electrons. The molecule has 2 atom stereocenters. The lowest BCUT2D eigenvalue weighted by Crippen LogP contribution is -2.49. The summed E-state index contributed by atoms with van der Waals surface area (Å²) in [7, 11) is -3.95. The smallest absolute Gasteiger partial charge is 0.243 e. The van der Waals surface area contributed by atoms with E-state index in [0.717, 1.165) is 41.7 Å². The minimum absolute atomic E-state index is 0.103. The van der Waals surface area contributed by atoms with Crippen molar-refractivity contribution in [3.05, 3.63) is 80.5 Å². The first-order chi connectivity index (χ1) is 18.7. The first kappa shape index (κ1) is 28.1. The number of sulfonamides is 1. The van der Waals surface area contributed by atoms with Crippen LogP contribution in [0, 0.1) is 13.8 Å². The number of halogens is 1. The molecule has 2 aliphatic rings. The highest BCUT2D eigenvalue weighted by molar-refractivity contribution is 7.89. The largest absolute Gasteiger partial charge is 0.491 e. The van der Waals surface area contributed by atoms with Gasteiger partial charge in [0.25, 0.3) is 0 Å². The third-order valence-electron chi connectivity index (χ3n) is 7.34. The van der Waals surface area contributed by atoms with Gasteiger partial charge in [0.15, 0.2) is 0 Å². The number of aryl methyl sites for hydroxylation is 2. The van der Waals surface area contributed by atoms with Crippen LogP contribution in [0.15, 0.2) is 58.8 Å². The molecule has 3 heterocycles. The van der Waals surface area contributed by atoms with Gasteiger partial charge in [-0.1, -0.05) is 29.3 Å². The Kier molecular flexibility index (Phi) is 8.63. The molecule has 39 heavy (non-hydrogen) atoms. The van der Waals surface area contributed by atoms with Crippen molar-refractivity contribution in [3.8, 4) is 5.75 Å². The molecule has 0 N–H and O–H groups in total. The standard InChI is InChI=1S/C29H33ClN2O5S2/c1-20-5-10-27(21(2)16-20)37-19-26-25-12-15-38-28(25)11-13-32(26)29(33)18-31(17-23-4-3-14-36-23)39(34,35)24-8-6-22(30)7-9-24/h5-10,12,15-16,23,26H,3-4,11,13-14,17-19H2,1-2H3/t23-,26-/m1/s1. The second-order valence-electron chi connectivity index (χ2n) is 10.1. The number of benzene rings is 2. The van der Waals surface area contributed by atoms with Gasteiger partial charge >= 0.3 is 0 Å². The monoisotopic (exact) mass is 588 g/mol. The van der Waals surface area contributed by atoms with Crippen molar-refractivity contribution in [3.63, 3.8) is 0 Å². The summed E-state index contributed by atoms with van der Waals surface area (Å²) in [6.07, 6.45) is 2.12. The van der Waals surface area contributed by atoms with Crippen LogP contribution >= 0.6 is 22.9 Å². The number of nitrogens with zero attached hydrogens (tertiary/aromatic N) is 2. The lowest BCUT2D eigenvalue weighted by Gasteiger charge is -2.37. The van der Waals surface area contributed by atoms with Crippen molar-refractivity contribution in [1.82, 2.24) is 9.21 Å². The summed E-state index contributed by atoms with van der Waals surface area (Å²) in [6, 6.07) is 13.8. The van der Waals surface area contributed by atoms with Crippen LogP contribution in [0.5, 0.6) is 5.75 Å². The highest BCUT2D eigenvalue weighted by Crippen LogP contribution is 2.35. The van der Waals surface area contributed by atoms with Crippen molar-refractivity contribution in [2.45, 2.75) is 50.2 Å². The van der Waals surface area contributed by atoms with Gasteiger partial charge < -0.3 is 14.4 Å². The summed E-state index contributed by atoms with van der Waals surface area (Å²) in [5.74, 6) is 0.525. The summed E-state index contributed by atoms with van der Waals surface area (Å²) in [5, 5.41) is 2.49. The quantitative estimate of drug-likeness (QED) is 0.335. The highest BCUT2D eigenvalue weighted by Gasteiger charge is 2.36. The Hall–Kier alpha value is -2.43. The molecule has 1 fully saturated rings. The summed E-state index contributed by atoms with van der Waals surface area (Å²) in [4.78, 5) is 17.0. The number of fused-ring (bicyclic) bond motifs is 1. The van der Waals surface area contributed by atoms with E-state index in [2.05, 4.69) is 6.07 Å².